The molecule has 0 spiro atoms. The summed E-state index contributed by atoms with van der Waals surface area (Å²) in [5, 5.41) is 12.0. The fourth-order valence-electron chi connectivity index (χ4n) is 2.50. The summed E-state index contributed by atoms with van der Waals surface area (Å²) < 4.78 is 14.6. The molecule has 2 rings (SSSR count). The van der Waals surface area contributed by atoms with Crippen molar-refractivity contribution < 1.29 is 4.39 Å². The van der Waals surface area contributed by atoms with Crippen LogP contribution in [-0.4, -0.2) is 17.5 Å². The van der Waals surface area contributed by atoms with Crippen LogP contribution in [0.15, 0.2) is 16.6 Å². The van der Waals surface area contributed by atoms with Gasteiger partial charge in [-0.15, -0.1) is 0 Å². The Morgan fingerprint density at radius 3 is 2.74 bits per heavy atom. The Kier molecular flexibility index (Phi) is 4.75. The third-order valence-electron chi connectivity index (χ3n) is 3.75. The minimum Gasteiger partial charge on any atom is -0.381 e. The van der Waals surface area contributed by atoms with Gasteiger partial charge in [-0.2, -0.15) is 17.0 Å². The van der Waals surface area contributed by atoms with Crippen molar-refractivity contribution in [1.82, 2.24) is 0 Å². The summed E-state index contributed by atoms with van der Waals surface area (Å²) in [6.45, 7) is 0.767. The zero-order valence-corrected chi connectivity index (χ0v) is 13.2. The molecule has 0 bridgehead atoms. The number of rotatable bonds is 4. The maximum atomic E-state index is 14.1. The normalized spacial score (nSPS) is 17.2. The van der Waals surface area contributed by atoms with Crippen molar-refractivity contribution in [3.8, 4) is 6.07 Å². The molecule has 1 aliphatic carbocycles. The zero-order chi connectivity index (χ0) is 13.9. The highest BCUT2D eigenvalue weighted by Gasteiger charge is 2.32. The summed E-state index contributed by atoms with van der Waals surface area (Å²) in [4.78, 5) is 0. The predicted molar refractivity (Wildman–Crippen MR) is 82.0 cm³/mol. The van der Waals surface area contributed by atoms with Crippen molar-refractivity contribution in [2.45, 2.75) is 30.4 Å². The van der Waals surface area contributed by atoms with Crippen LogP contribution in [0.5, 0.6) is 0 Å². The van der Waals surface area contributed by atoms with E-state index < -0.39 is 0 Å². The topological polar surface area (TPSA) is 35.8 Å². The van der Waals surface area contributed by atoms with Gasteiger partial charge < -0.3 is 5.32 Å². The Hall–Kier alpha value is -0.730. The number of benzene rings is 1. The molecule has 0 heterocycles. The highest BCUT2D eigenvalue weighted by Crippen LogP contribution is 2.40. The van der Waals surface area contributed by atoms with E-state index in [0.29, 0.717) is 11.3 Å². The van der Waals surface area contributed by atoms with E-state index in [1.165, 1.54) is 25.7 Å². The lowest BCUT2D eigenvalue weighted by atomic mass is 10.1. The maximum Gasteiger partial charge on any atom is 0.161 e. The summed E-state index contributed by atoms with van der Waals surface area (Å²) in [6, 6.07) is 5.24. The molecule has 2 nitrogen and oxygen atoms in total. The van der Waals surface area contributed by atoms with E-state index in [4.69, 9.17) is 5.26 Å². The van der Waals surface area contributed by atoms with Crippen LogP contribution in [0.2, 0.25) is 0 Å². The van der Waals surface area contributed by atoms with Crippen LogP contribution in [-0.2, 0) is 0 Å². The summed E-state index contributed by atoms with van der Waals surface area (Å²) in [5.74, 6) is -0.381. The first kappa shape index (κ1) is 14.7. The minimum absolute atomic E-state index is 0.229. The van der Waals surface area contributed by atoms with Gasteiger partial charge in [0.05, 0.1) is 15.7 Å². The molecule has 0 radical (unpaired) electrons. The molecule has 5 heteroatoms. The molecule has 0 atom stereocenters. The molecule has 0 aromatic heterocycles. The Labute approximate surface area is 125 Å². The van der Waals surface area contributed by atoms with Gasteiger partial charge in [-0.05, 0) is 47.2 Å². The Morgan fingerprint density at radius 1 is 1.47 bits per heavy atom. The van der Waals surface area contributed by atoms with Gasteiger partial charge in [0, 0.05) is 11.3 Å². The lowest BCUT2D eigenvalue weighted by Crippen LogP contribution is -2.30. The average molecular weight is 343 g/mol. The van der Waals surface area contributed by atoms with Crippen molar-refractivity contribution in [2.24, 2.45) is 0 Å². The van der Waals surface area contributed by atoms with Gasteiger partial charge in [0.2, 0.25) is 0 Å². The second-order valence-corrected chi connectivity index (χ2v) is 6.92. The van der Waals surface area contributed by atoms with Crippen LogP contribution in [0.4, 0.5) is 10.1 Å². The molecule has 0 saturated heterocycles. The number of hydrogen-bond acceptors (Lipinski definition) is 3. The number of thioether (sulfide) groups is 1. The molecule has 1 aliphatic rings. The molecule has 1 N–H and O–H groups in total. The van der Waals surface area contributed by atoms with E-state index >= 15 is 0 Å². The Balaban J connectivity index is 2.12. The minimum atomic E-state index is -0.381. The van der Waals surface area contributed by atoms with Crippen molar-refractivity contribution in [3.05, 3.63) is 28.0 Å². The molecule has 19 heavy (non-hydrogen) atoms. The van der Waals surface area contributed by atoms with Gasteiger partial charge in [0.25, 0.3) is 0 Å². The number of nitrogens with one attached hydrogen (secondary N) is 1. The van der Waals surface area contributed by atoms with Crippen LogP contribution in [0, 0.1) is 17.1 Å². The van der Waals surface area contributed by atoms with E-state index in [9.17, 15) is 4.39 Å². The second kappa shape index (κ2) is 6.15. The first-order valence-electron chi connectivity index (χ1n) is 6.29. The summed E-state index contributed by atoms with van der Waals surface area (Å²) in [5.41, 5.74) is 0.787. The Morgan fingerprint density at radius 2 is 2.16 bits per heavy atom. The summed E-state index contributed by atoms with van der Waals surface area (Å²) in [6.07, 6.45) is 6.99. The average Bonchev–Trinajstić information content (AvgIpc) is 2.90. The molecular formula is C14H16BrFN2S. The number of hydrogen-bond donors (Lipinski definition) is 1. The van der Waals surface area contributed by atoms with Crippen LogP contribution < -0.4 is 5.32 Å². The fourth-order valence-corrected chi connectivity index (χ4v) is 3.85. The van der Waals surface area contributed by atoms with Crippen molar-refractivity contribution in [2.75, 3.05) is 18.1 Å². The van der Waals surface area contributed by atoms with Crippen LogP contribution in [0.3, 0.4) is 0 Å². The number of nitrogens with zero attached hydrogens (tertiary/aromatic N) is 1. The zero-order valence-electron chi connectivity index (χ0n) is 10.8. The van der Waals surface area contributed by atoms with Gasteiger partial charge in [-0.3, -0.25) is 0 Å². The van der Waals surface area contributed by atoms with Crippen molar-refractivity contribution in [1.29, 1.82) is 5.26 Å². The SMILES string of the molecule is CSC1(CNc2ccc(C#N)c(Br)c2F)CCCC1. The summed E-state index contributed by atoms with van der Waals surface area (Å²) >= 11 is 5.00. The van der Waals surface area contributed by atoms with Gasteiger partial charge in [0.1, 0.15) is 6.07 Å². The molecule has 0 unspecified atom stereocenters. The Bertz CT molecular complexity index is 507. The smallest absolute Gasteiger partial charge is 0.161 e. The third-order valence-corrected chi connectivity index (χ3v) is 5.95. The van der Waals surface area contributed by atoms with E-state index in [0.717, 1.165) is 6.54 Å². The molecule has 0 aliphatic heterocycles. The monoisotopic (exact) mass is 342 g/mol. The summed E-state index contributed by atoms with van der Waals surface area (Å²) in [7, 11) is 0. The molecule has 1 aromatic rings. The lowest BCUT2D eigenvalue weighted by molar-refractivity contribution is 0.610. The van der Waals surface area contributed by atoms with Crippen molar-refractivity contribution in [3.63, 3.8) is 0 Å². The van der Waals surface area contributed by atoms with Gasteiger partial charge in [-0.25, -0.2) is 4.39 Å². The van der Waals surface area contributed by atoms with Gasteiger partial charge >= 0.3 is 0 Å². The molecular weight excluding hydrogens is 327 g/mol. The maximum absolute atomic E-state index is 14.1. The number of halogens is 2. The predicted octanol–water partition coefficient (Wildman–Crippen LogP) is 4.55. The first-order chi connectivity index (χ1) is 9.12. The quantitative estimate of drug-likeness (QED) is 0.871. The van der Waals surface area contributed by atoms with E-state index in [1.54, 1.807) is 12.1 Å². The van der Waals surface area contributed by atoms with E-state index in [-0.39, 0.29) is 15.0 Å². The molecule has 1 fully saturated rings. The molecule has 0 amide bonds. The van der Waals surface area contributed by atoms with Crippen LogP contribution in [0.1, 0.15) is 31.2 Å². The number of nitriles is 1. The lowest BCUT2D eigenvalue weighted by Gasteiger charge is -2.27. The van der Waals surface area contributed by atoms with E-state index in [2.05, 4.69) is 27.5 Å². The molecule has 1 aromatic carbocycles. The molecule has 102 valence electrons. The van der Waals surface area contributed by atoms with Crippen LogP contribution >= 0.6 is 27.7 Å². The second-order valence-electron chi connectivity index (χ2n) is 4.85. The highest BCUT2D eigenvalue weighted by molar-refractivity contribution is 9.10. The standard InChI is InChI=1S/C14H16BrFN2S/c1-19-14(6-2-3-7-14)9-18-11-5-4-10(8-17)12(15)13(11)16/h4-5,18H,2-3,6-7,9H2,1H3. The van der Waals surface area contributed by atoms with Crippen molar-refractivity contribution >= 4 is 33.4 Å². The van der Waals surface area contributed by atoms with Crippen LogP contribution in [0.25, 0.3) is 0 Å². The molecule has 1 saturated carbocycles. The fraction of sp³-hybridized carbons (Fsp3) is 0.500. The largest absolute Gasteiger partial charge is 0.381 e. The number of anilines is 1. The van der Waals surface area contributed by atoms with Gasteiger partial charge in [-0.1, -0.05) is 12.8 Å². The van der Waals surface area contributed by atoms with Gasteiger partial charge in [0.15, 0.2) is 5.82 Å². The highest BCUT2D eigenvalue weighted by atomic mass is 79.9. The first-order valence-corrected chi connectivity index (χ1v) is 8.31. The van der Waals surface area contributed by atoms with E-state index in [1.807, 2.05) is 17.8 Å². The third kappa shape index (κ3) is 3.06.